The third-order valence-corrected chi connectivity index (χ3v) is 6.55. The van der Waals surface area contributed by atoms with Gasteiger partial charge in [-0.3, -0.25) is 14.4 Å². The maximum absolute atomic E-state index is 12.8. The van der Waals surface area contributed by atoms with Crippen molar-refractivity contribution in [2.75, 3.05) is 11.4 Å². The quantitative estimate of drug-likeness (QED) is 0.191. The summed E-state index contributed by atoms with van der Waals surface area (Å²) < 4.78 is 0. The van der Waals surface area contributed by atoms with Gasteiger partial charge in [0.05, 0.1) is 17.4 Å². The van der Waals surface area contributed by atoms with E-state index in [1.807, 2.05) is 11.0 Å². The number of rotatable bonds is 13. The molecule has 0 aliphatic carbocycles. The first-order chi connectivity index (χ1) is 19.9. The lowest BCUT2D eigenvalue weighted by Gasteiger charge is -2.23. The highest BCUT2D eigenvalue weighted by Gasteiger charge is 2.26. The van der Waals surface area contributed by atoms with Gasteiger partial charge in [-0.2, -0.15) is 0 Å². The number of aromatic amines is 1. The van der Waals surface area contributed by atoms with Crippen LogP contribution in [0.4, 0.5) is 5.69 Å². The van der Waals surface area contributed by atoms with Crippen LogP contribution in [-0.2, 0) is 20.9 Å². The molecule has 1 aromatic heterocycles. The highest BCUT2D eigenvalue weighted by atomic mass is 16.4. The number of anilines is 1. The summed E-state index contributed by atoms with van der Waals surface area (Å²) in [6.07, 6.45) is 5.07. The molecule has 12 nitrogen and oxygen atoms in total. The zero-order valence-corrected chi connectivity index (χ0v) is 23.5. The van der Waals surface area contributed by atoms with Crippen molar-refractivity contribution in [3.63, 3.8) is 0 Å². The molecule has 2 atom stereocenters. The summed E-state index contributed by atoms with van der Waals surface area (Å²) in [4.78, 5) is 69.3. The first-order valence-corrected chi connectivity index (χ1v) is 13.2. The number of aromatic nitrogens is 2. The predicted octanol–water partition coefficient (Wildman–Crippen LogP) is 2.06. The zero-order chi connectivity index (χ0) is 31.0. The lowest BCUT2D eigenvalue weighted by Crippen LogP contribution is -2.45. The molecule has 0 aliphatic heterocycles. The van der Waals surface area contributed by atoms with E-state index >= 15 is 0 Å². The van der Waals surface area contributed by atoms with Gasteiger partial charge in [0.2, 0.25) is 5.91 Å². The van der Waals surface area contributed by atoms with Crippen molar-refractivity contribution in [1.82, 2.24) is 20.6 Å². The molecule has 3 rings (SSSR count). The van der Waals surface area contributed by atoms with Crippen LogP contribution in [-0.4, -0.2) is 62.6 Å². The predicted molar refractivity (Wildman–Crippen MR) is 156 cm³/mol. The number of aryl methyl sites for hydroxylation is 1. The number of nitrogens with zero attached hydrogens (tertiary/aromatic N) is 2. The summed E-state index contributed by atoms with van der Waals surface area (Å²) in [7, 11) is 0. The van der Waals surface area contributed by atoms with E-state index in [4.69, 9.17) is 6.42 Å². The number of fused-ring (bicyclic) bond motifs is 1. The fraction of sp³-hybridized carbons (Fsp3) is 0.333. The molecule has 12 heteroatoms. The van der Waals surface area contributed by atoms with Gasteiger partial charge in [-0.15, -0.1) is 6.42 Å². The standard InChI is InChI=1S/C30H33N5O7/c1-5-14-35(16-19-6-11-23-22(15-19)28(38)32-18(4)31-23)21-9-7-20(8-10-21)27(37)33-24(29(39)40)12-13-25(36)34-26(17(2)3)30(41)42/h1,6-11,15,17,24,26H,12-14,16H2,2-4H3,(H,33,37)(H,34,36)(H,39,40)(H,41,42)(H,31,32,38)/t24-,26-/m0/s1. The molecule has 0 bridgehead atoms. The summed E-state index contributed by atoms with van der Waals surface area (Å²) in [5, 5.41) is 24.0. The second-order valence-electron chi connectivity index (χ2n) is 10.1. The molecule has 3 aromatic rings. The zero-order valence-electron chi connectivity index (χ0n) is 23.5. The SMILES string of the molecule is C#CCN(Cc1ccc2nc(C)[nH]c(=O)c2c1)c1ccc(C(=O)N[C@@H](CCC(=O)N[C@H](C(=O)O)C(C)C)C(=O)O)cc1. The number of nitrogens with one attached hydrogen (secondary N) is 3. The third-order valence-electron chi connectivity index (χ3n) is 6.55. The second-order valence-corrected chi connectivity index (χ2v) is 10.1. The van der Waals surface area contributed by atoms with Gasteiger partial charge in [0, 0.05) is 24.2 Å². The highest BCUT2D eigenvalue weighted by molar-refractivity contribution is 5.97. The number of H-pyrrole nitrogens is 1. The molecule has 2 amide bonds. The normalized spacial score (nSPS) is 12.3. The Morgan fingerprint density at radius 1 is 1.05 bits per heavy atom. The van der Waals surface area contributed by atoms with Crippen LogP contribution in [0.15, 0.2) is 47.3 Å². The first-order valence-electron chi connectivity index (χ1n) is 13.2. The third kappa shape index (κ3) is 8.17. The maximum Gasteiger partial charge on any atom is 0.326 e. The number of carboxylic acids is 2. The Bertz CT molecular complexity index is 1570. The summed E-state index contributed by atoms with van der Waals surface area (Å²) in [5.74, 6) is -1.04. The summed E-state index contributed by atoms with van der Waals surface area (Å²) in [6, 6.07) is 9.31. The molecule has 1 heterocycles. The van der Waals surface area contributed by atoms with E-state index in [2.05, 4.69) is 26.5 Å². The number of hydrogen-bond acceptors (Lipinski definition) is 7. The van der Waals surface area contributed by atoms with E-state index < -0.39 is 35.8 Å². The Balaban J connectivity index is 1.67. The minimum atomic E-state index is -1.36. The molecule has 42 heavy (non-hydrogen) atoms. The molecule has 0 unspecified atom stereocenters. The number of carbonyl (C=O) groups is 4. The van der Waals surface area contributed by atoms with Gasteiger partial charge in [0.25, 0.3) is 11.5 Å². The van der Waals surface area contributed by atoms with E-state index in [1.54, 1.807) is 45.0 Å². The van der Waals surface area contributed by atoms with Crippen molar-refractivity contribution in [2.45, 2.75) is 52.2 Å². The van der Waals surface area contributed by atoms with Crippen LogP contribution < -0.4 is 21.1 Å². The minimum Gasteiger partial charge on any atom is -0.480 e. The molecule has 0 saturated carbocycles. The Labute approximate surface area is 242 Å². The van der Waals surface area contributed by atoms with Crippen LogP contribution in [0.3, 0.4) is 0 Å². The highest BCUT2D eigenvalue weighted by Crippen LogP contribution is 2.20. The number of amides is 2. The Kier molecular flexibility index (Phi) is 10.4. The molecule has 0 spiro atoms. The van der Waals surface area contributed by atoms with Gasteiger partial charge in [-0.1, -0.05) is 25.8 Å². The number of benzene rings is 2. The van der Waals surface area contributed by atoms with Crippen molar-refractivity contribution >= 4 is 40.3 Å². The molecule has 220 valence electrons. The fourth-order valence-corrected chi connectivity index (χ4v) is 4.33. The molecule has 2 aromatic carbocycles. The number of aliphatic carboxylic acids is 2. The van der Waals surface area contributed by atoms with E-state index in [9.17, 15) is 34.2 Å². The van der Waals surface area contributed by atoms with Gasteiger partial charge in [-0.25, -0.2) is 14.6 Å². The van der Waals surface area contributed by atoms with Crippen molar-refractivity contribution in [2.24, 2.45) is 5.92 Å². The van der Waals surface area contributed by atoms with E-state index in [-0.39, 0.29) is 36.4 Å². The second kappa shape index (κ2) is 13.9. The van der Waals surface area contributed by atoms with Crippen molar-refractivity contribution in [3.8, 4) is 12.3 Å². The molecule has 0 aliphatic rings. The van der Waals surface area contributed by atoms with Crippen molar-refractivity contribution in [3.05, 3.63) is 69.8 Å². The lowest BCUT2D eigenvalue weighted by atomic mass is 10.0. The lowest BCUT2D eigenvalue weighted by molar-refractivity contribution is -0.143. The van der Waals surface area contributed by atoms with Crippen molar-refractivity contribution in [1.29, 1.82) is 0 Å². The smallest absolute Gasteiger partial charge is 0.326 e. The topological polar surface area (TPSA) is 182 Å². The van der Waals surface area contributed by atoms with Crippen LogP contribution in [0.2, 0.25) is 0 Å². The molecule has 0 radical (unpaired) electrons. The Morgan fingerprint density at radius 3 is 2.33 bits per heavy atom. The molecule has 0 saturated heterocycles. The number of terminal acetylenes is 1. The summed E-state index contributed by atoms with van der Waals surface area (Å²) in [6.45, 7) is 5.61. The number of carbonyl (C=O) groups excluding carboxylic acids is 2. The van der Waals surface area contributed by atoms with Crippen molar-refractivity contribution < 1.29 is 29.4 Å². The summed E-state index contributed by atoms with van der Waals surface area (Å²) in [5.41, 5.74) is 2.06. The average Bonchev–Trinajstić information content (AvgIpc) is 2.93. The van der Waals surface area contributed by atoms with Gasteiger partial charge in [-0.05, 0) is 61.2 Å². The number of carboxylic acid groups (broad SMARTS) is 2. The van der Waals surface area contributed by atoms with E-state index in [0.717, 1.165) is 5.56 Å². The van der Waals surface area contributed by atoms with Crippen LogP contribution in [0.25, 0.3) is 10.9 Å². The van der Waals surface area contributed by atoms with Gasteiger partial charge < -0.3 is 30.7 Å². The van der Waals surface area contributed by atoms with Crippen LogP contribution in [0.5, 0.6) is 0 Å². The average molecular weight is 576 g/mol. The fourth-order valence-electron chi connectivity index (χ4n) is 4.33. The van der Waals surface area contributed by atoms with E-state index in [1.165, 1.54) is 12.1 Å². The molecular weight excluding hydrogens is 542 g/mol. The van der Waals surface area contributed by atoms with Crippen LogP contribution in [0, 0.1) is 25.2 Å². The largest absolute Gasteiger partial charge is 0.480 e. The minimum absolute atomic E-state index is 0.194. The van der Waals surface area contributed by atoms with E-state index in [0.29, 0.717) is 29.0 Å². The van der Waals surface area contributed by atoms with Gasteiger partial charge in [0.15, 0.2) is 0 Å². The Morgan fingerprint density at radius 2 is 1.74 bits per heavy atom. The monoisotopic (exact) mass is 575 g/mol. The maximum atomic E-state index is 12.8. The Hall–Kier alpha value is -5.18. The molecule has 5 N–H and O–H groups in total. The van der Waals surface area contributed by atoms with Gasteiger partial charge >= 0.3 is 11.9 Å². The molecule has 0 fully saturated rings. The van der Waals surface area contributed by atoms with Crippen LogP contribution in [0.1, 0.15) is 48.4 Å². The van der Waals surface area contributed by atoms with Gasteiger partial charge in [0.1, 0.15) is 17.9 Å². The molecular formula is C30H33N5O7. The summed E-state index contributed by atoms with van der Waals surface area (Å²) >= 11 is 0. The van der Waals surface area contributed by atoms with Crippen LogP contribution >= 0.6 is 0 Å². The number of hydrogen-bond donors (Lipinski definition) is 5. The first kappa shape index (κ1) is 31.3.